The summed E-state index contributed by atoms with van der Waals surface area (Å²) < 4.78 is 38.5. The van der Waals surface area contributed by atoms with Gasteiger partial charge >= 0.3 is 5.38 Å². The van der Waals surface area contributed by atoms with Crippen LogP contribution in [0.3, 0.4) is 0 Å². The Morgan fingerprint density at radius 1 is 0.923 bits per heavy atom. The van der Waals surface area contributed by atoms with Crippen LogP contribution in [0, 0.1) is 5.92 Å². The van der Waals surface area contributed by atoms with Crippen molar-refractivity contribution < 1.29 is 13.2 Å². The van der Waals surface area contributed by atoms with Crippen molar-refractivity contribution in [3.8, 4) is 0 Å². The summed E-state index contributed by atoms with van der Waals surface area (Å²) in [5, 5.41) is -7.06. The van der Waals surface area contributed by atoms with Crippen molar-refractivity contribution in [2.24, 2.45) is 5.92 Å². The third kappa shape index (κ3) is 2.44. The van der Waals surface area contributed by atoms with Crippen LogP contribution in [0.1, 0.15) is 32.1 Å². The Bertz CT molecular complexity index is 171. The van der Waals surface area contributed by atoms with E-state index in [1.165, 1.54) is 0 Å². The zero-order valence-electron chi connectivity index (χ0n) is 7.00. The van der Waals surface area contributed by atoms with Crippen molar-refractivity contribution in [2.45, 2.75) is 42.6 Å². The molecule has 1 aliphatic carbocycles. The lowest BCUT2D eigenvalue weighted by molar-refractivity contribution is -0.0594. The molecule has 0 aromatic heterocycles. The minimum Gasteiger partial charge on any atom is -0.218 e. The second-order valence-corrected chi connectivity index (χ2v) is 4.48. The fourth-order valence-corrected chi connectivity index (χ4v) is 2.07. The summed E-state index contributed by atoms with van der Waals surface area (Å²) in [5.41, 5.74) is 0. The third-order valence-corrected chi connectivity index (χ3v) is 3.41. The molecule has 1 rings (SSSR count). The molecule has 0 aromatic rings. The van der Waals surface area contributed by atoms with E-state index in [1.54, 1.807) is 0 Å². The van der Waals surface area contributed by atoms with Crippen molar-refractivity contribution in [3.05, 3.63) is 0 Å². The van der Waals surface area contributed by atoms with Crippen LogP contribution in [0.2, 0.25) is 0 Å². The van der Waals surface area contributed by atoms with Crippen LogP contribution >= 0.6 is 23.2 Å². The molecule has 0 N–H and O–H groups in total. The van der Waals surface area contributed by atoms with Gasteiger partial charge in [0.05, 0.1) is 0 Å². The maximum atomic E-state index is 13.4. The second kappa shape index (κ2) is 3.85. The summed E-state index contributed by atoms with van der Waals surface area (Å²) in [6.45, 7) is 0. The summed E-state index contributed by atoms with van der Waals surface area (Å²) in [7, 11) is 0. The van der Waals surface area contributed by atoms with Crippen molar-refractivity contribution in [1.29, 1.82) is 0 Å². The van der Waals surface area contributed by atoms with E-state index in [0.717, 1.165) is 19.3 Å². The van der Waals surface area contributed by atoms with Crippen molar-refractivity contribution >= 4 is 23.2 Å². The first-order valence-corrected chi connectivity index (χ1v) is 5.06. The first kappa shape index (κ1) is 11.4. The van der Waals surface area contributed by atoms with Crippen molar-refractivity contribution in [1.82, 2.24) is 0 Å². The summed E-state index contributed by atoms with van der Waals surface area (Å²) in [6.07, 6.45) is 3.23. The van der Waals surface area contributed by atoms with Crippen LogP contribution in [0.4, 0.5) is 13.2 Å². The van der Waals surface area contributed by atoms with Gasteiger partial charge in [-0.05, 0) is 24.4 Å². The molecule has 0 aliphatic heterocycles. The fourth-order valence-electron chi connectivity index (χ4n) is 1.70. The lowest BCUT2D eigenvalue weighted by Gasteiger charge is -2.33. The van der Waals surface area contributed by atoms with Crippen LogP contribution < -0.4 is 0 Å². The van der Waals surface area contributed by atoms with E-state index < -0.39 is 16.4 Å². The van der Waals surface area contributed by atoms with E-state index in [-0.39, 0.29) is 0 Å². The zero-order chi connectivity index (χ0) is 10.1. The standard InChI is InChI=1S/C8H11Cl2F3/c9-7(11,8(10,12)13)6-4-2-1-3-5-6/h6H,1-5H2/t7-/m0/s1. The SMILES string of the molecule is FC(F)(Cl)[C@](F)(Cl)C1CCCCC1. The fraction of sp³-hybridized carbons (Fsp3) is 1.00. The highest BCUT2D eigenvalue weighted by Crippen LogP contribution is 2.49. The van der Waals surface area contributed by atoms with Crippen LogP contribution in [-0.2, 0) is 0 Å². The van der Waals surface area contributed by atoms with Crippen LogP contribution in [0.15, 0.2) is 0 Å². The Morgan fingerprint density at radius 2 is 1.38 bits per heavy atom. The average molecular weight is 235 g/mol. The highest BCUT2D eigenvalue weighted by atomic mass is 35.5. The van der Waals surface area contributed by atoms with Gasteiger partial charge in [-0.2, -0.15) is 8.78 Å². The van der Waals surface area contributed by atoms with E-state index in [0.29, 0.717) is 12.8 Å². The second-order valence-electron chi connectivity index (χ2n) is 3.46. The molecule has 1 saturated carbocycles. The molecule has 0 bridgehead atoms. The van der Waals surface area contributed by atoms with Crippen LogP contribution in [0.25, 0.3) is 0 Å². The Kier molecular flexibility index (Phi) is 3.39. The molecule has 0 amide bonds. The van der Waals surface area contributed by atoms with E-state index >= 15 is 0 Å². The number of hydrogen-bond donors (Lipinski definition) is 0. The van der Waals surface area contributed by atoms with Gasteiger partial charge in [0, 0.05) is 5.92 Å². The van der Waals surface area contributed by atoms with Gasteiger partial charge in [0.25, 0.3) is 5.13 Å². The van der Waals surface area contributed by atoms with Crippen molar-refractivity contribution in [2.75, 3.05) is 0 Å². The van der Waals surface area contributed by atoms with Gasteiger partial charge in [0.15, 0.2) is 0 Å². The minimum absolute atomic E-state index is 0.391. The molecule has 0 heterocycles. The molecule has 0 unspecified atom stereocenters. The van der Waals surface area contributed by atoms with Crippen molar-refractivity contribution in [3.63, 3.8) is 0 Å². The lowest BCUT2D eigenvalue weighted by atomic mass is 9.85. The molecular weight excluding hydrogens is 224 g/mol. The summed E-state index contributed by atoms with van der Waals surface area (Å²) >= 11 is 9.76. The van der Waals surface area contributed by atoms with Gasteiger partial charge < -0.3 is 0 Å². The molecule has 0 radical (unpaired) electrons. The molecule has 1 atom stereocenters. The number of halogens is 5. The Morgan fingerprint density at radius 3 is 1.77 bits per heavy atom. The van der Waals surface area contributed by atoms with Gasteiger partial charge in [0.2, 0.25) is 0 Å². The van der Waals surface area contributed by atoms with E-state index in [1.807, 2.05) is 0 Å². The molecule has 0 aromatic carbocycles. The lowest BCUT2D eigenvalue weighted by Crippen LogP contribution is -2.42. The smallest absolute Gasteiger partial charge is 0.218 e. The minimum atomic E-state index is -3.98. The zero-order valence-corrected chi connectivity index (χ0v) is 8.51. The molecular formula is C8H11Cl2F3. The molecule has 0 nitrogen and oxygen atoms in total. The summed E-state index contributed by atoms with van der Waals surface area (Å²) in [5.74, 6) is -0.824. The largest absolute Gasteiger partial charge is 0.369 e. The number of hydrogen-bond acceptors (Lipinski definition) is 0. The monoisotopic (exact) mass is 234 g/mol. The number of rotatable bonds is 2. The summed E-state index contributed by atoms with van der Waals surface area (Å²) in [6, 6.07) is 0. The molecule has 1 fully saturated rings. The first-order chi connectivity index (χ1) is 5.86. The molecule has 5 heteroatoms. The van der Waals surface area contributed by atoms with Gasteiger partial charge in [0.1, 0.15) is 0 Å². The maximum Gasteiger partial charge on any atom is 0.369 e. The van der Waals surface area contributed by atoms with Gasteiger partial charge in [-0.3, -0.25) is 0 Å². The average Bonchev–Trinajstić information content (AvgIpc) is 2.04. The van der Waals surface area contributed by atoms with Gasteiger partial charge in [-0.25, -0.2) is 4.39 Å². The van der Waals surface area contributed by atoms with E-state index in [4.69, 9.17) is 11.6 Å². The normalized spacial score (nSPS) is 25.6. The molecule has 0 spiro atoms. The van der Waals surface area contributed by atoms with Crippen LogP contribution in [-0.4, -0.2) is 10.5 Å². The summed E-state index contributed by atoms with van der Waals surface area (Å²) in [4.78, 5) is 0. The first-order valence-electron chi connectivity index (χ1n) is 4.30. The molecule has 1 aliphatic rings. The molecule has 13 heavy (non-hydrogen) atoms. The third-order valence-electron chi connectivity index (χ3n) is 2.50. The van der Waals surface area contributed by atoms with Gasteiger partial charge in [-0.1, -0.05) is 30.9 Å². The Balaban J connectivity index is 2.67. The topological polar surface area (TPSA) is 0 Å². The maximum absolute atomic E-state index is 13.4. The highest BCUT2D eigenvalue weighted by Gasteiger charge is 2.57. The predicted octanol–water partition coefficient (Wildman–Crippen LogP) is 4.30. The van der Waals surface area contributed by atoms with Crippen LogP contribution in [0.5, 0.6) is 0 Å². The Labute approximate surface area is 85.4 Å². The quantitative estimate of drug-likeness (QED) is 0.626. The number of alkyl halides is 5. The predicted molar refractivity (Wildman–Crippen MR) is 47.1 cm³/mol. The molecule has 0 saturated heterocycles. The van der Waals surface area contributed by atoms with Gasteiger partial charge in [-0.15, -0.1) is 0 Å². The Hall–Kier alpha value is 0.370. The van der Waals surface area contributed by atoms with E-state index in [2.05, 4.69) is 11.6 Å². The highest BCUT2D eigenvalue weighted by molar-refractivity contribution is 6.32. The van der Waals surface area contributed by atoms with E-state index in [9.17, 15) is 13.2 Å². The molecule has 78 valence electrons.